The highest BCUT2D eigenvalue weighted by molar-refractivity contribution is 8.26. The minimum absolute atomic E-state index is 0.119. The van der Waals surface area contributed by atoms with Gasteiger partial charge in [-0.2, -0.15) is 0 Å². The molecule has 2 aromatic rings. The molecule has 0 N–H and O–H groups in total. The van der Waals surface area contributed by atoms with Crippen LogP contribution in [0, 0.1) is 5.82 Å². The molecule has 2 aromatic carbocycles. The molecule has 1 aliphatic rings. The lowest BCUT2D eigenvalue weighted by molar-refractivity contribution is -0.121. The minimum atomic E-state index is -0.293. The van der Waals surface area contributed by atoms with Gasteiger partial charge in [0, 0.05) is 17.1 Å². The smallest absolute Gasteiger partial charge is 0.266 e. The van der Waals surface area contributed by atoms with Crippen LogP contribution in [-0.4, -0.2) is 21.7 Å². The van der Waals surface area contributed by atoms with Crippen LogP contribution >= 0.6 is 35.6 Å². The van der Waals surface area contributed by atoms with Gasteiger partial charge in [0.05, 0.1) is 4.91 Å². The standard InChI is InChI=1S/C19H15ClFNO2S2/c1-2-22-18(23)17(26-19(22)25)10-13-9-14(20)5-8-16(13)24-11-12-3-6-15(21)7-4-12/h3-10H,2,11H2,1H3/b17-10-. The molecule has 0 bridgehead atoms. The molecule has 1 amide bonds. The van der Waals surface area contributed by atoms with E-state index in [4.69, 9.17) is 28.6 Å². The zero-order valence-corrected chi connectivity index (χ0v) is 16.3. The molecule has 3 rings (SSSR count). The van der Waals surface area contributed by atoms with Crippen molar-refractivity contribution in [1.82, 2.24) is 4.90 Å². The summed E-state index contributed by atoms with van der Waals surface area (Å²) < 4.78 is 19.4. The Balaban J connectivity index is 1.84. The quantitative estimate of drug-likeness (QED) is 0.498. The first kappa shape index (κ1) is 18.9. The van der Waals surface area contributed by atoms with Gasteiger partial charge < -0.3 is 4.74 Å². The third kappa shape index (κ3) is 4.26. The molecule has 0 spiro atoms. The Hall–Kier alpha value is -1.89. The van der Waals surface area contributed by atoms with Gasteiger partial charge in [0.2, 0.25) is 0 Å². The highest BCUT2D eigenvalue weighted by atomic mass is 35.5. The molecule has 0 unspecified atom stereocenters. The summed E-state index contributed by atoms with van der Waals surface area (Å²) in [5.41, 5.74) is 1.53. The molecule has 0 aliphatic carbocycles. The van der Waals surface area contributed by atoms with E-state index in [1.165, 1.54) is 23.9 Å². The minimum Gasteiger partial charge on any atom is -0.488 e. The van der Waals surface area contributed by atoms with Crippen molar-refractivity contribution in [2.45, 2.75) is 13.5 Å². The summed E-state index contributed by atoms with van der Waals surface area (Å²) in [5.74, 6) is 0.173. The lowest BCUT2D eigenvalue weighted by Crippen LogP contribution is -2.27. The number of benzene rings is 2. The SMILES string of the molecule is CCN1C(=O)/C(=C/c2cc(Cl)ccc2OCc2ccc(F)cc2)SC1=S. The van der Waals surface area contributed by atoms with Crippen LogP contribution in [0.4, 0.5) is 4.39 Å². The number of thioether (sulfide) groups is 1. The summed E-state index contributed by atoms with van der Waals surface area (Å²) in [4.78, 5) is 14.5. The van der Waals surface area contributed by atoms with Crippen molar-refractivity contribution in [3.05, 3.63) is 69.3 Å². The first-order valence-corrected chi connectivity index (χ1v) is 9.50. The van der Waals surface area contributed by atoms with Gasteiger partial charge in [-0.15, -0.1) is 0 Å². The molecular formula is C19H15ClFNO2S2. The second kappa shape index (κ2) is 8.20. The van der Waals surface area contributed by atoms with E-state index in [-0.39, 0.29) is 18.3 Å². The molecule has 0 saturated carbocycles. The van der Waals surface area contributed by atoms with Crippen molar-refractivity contribution < 1.29 is 13.9 Å². The topological polar surface area (TPSA) is 29.5 Å². The Kier molecular flexibility index (Phi) is 5.96. The number of halogens is 2. The first-order valence-electron chi connectivity index (χ1n) is 7.90. The van der Waals surface area contributed by atoms with Gasteiger partial charge in [0.15, 0.2) is 0 Å². The van der Waals surface area contributed by atoms with Crippen LogP contribution in [0.25, 0.3) is 6.08 Å². The molecule has 1 aliphatic heterocycles. The van der Waals surface area contributed by atoms with E-state index >= 15 is 0 Å². The summed E-state index contributed by atoms with van der Waals surface area (Å²) >= 11 is 12.6. The molecule has 1 heterocycles. The second-order valence-electron chi connectivity index (χ2n) is 5.52. The second-order valence-corrected chi connectivity index (χ2v) is 7.64. The van der Waals surface area contributed by atoms with Crippen LogP contribution in [0.1, 0.15) is 18.1 Å². The third-order valence-corrected chi connectivity index (χ3v) is 5.37. The summed E-state index contributed by atoms with van der Waals surface area (Å²) in [5, 5.41) is 0.538. The number of hydrogen-bond donors (Lipinski definition) is 0. The number of thiocarbonyl (C=S) groups is 1. The lowest BCUT2D eigenvalue weighted by Gasteiger charge is -2.11. The highest BCUT2D eigenvalue weighted by Crippen LogP contribution is 2.35. The van der Waals surface area contributed by atoms with E-state index in [0.29, 0.717) is 32.1 Å². The van der Waals surface area contributed by atoms with Gasteiger partial charge in [-0.25, -0.2) is 4.39 Å². The maximum Gasteiger partial charge on any atom is 0.266 e. The lowest BCUT2D eigenvalue weighted by atomic mass is 10.1. The van der Waals surface area contributed by atoms with E-state index in [1.54, 1.807) is 41.3 Å². The molecule has 1 fully saturated rings. The van der Waals surface area contributed by atoms with Gasteiger partial charge in [-0.1, -0.05) is 47.7 Å². The van der Waals surface area contributed by atoms with Crippen molar-refractivity contribution in [3.8, 4) is 5.75 Å². The number of ether oxygens (including phenoxy) is 1. The number of amides is 1. The van der Waals surface area contributed by atoms with E-state index < -0.39 is 0 Å². The highest BCUT2D eigenvalue weighted by Gasteiger charge is 2.30. The van der Waals surface area contributed by atoms with E-state index in [2.05, 4.69) is 0 Å². The molecule has 1 saturated heterocycles. The monoisotopic (exact) mass is 407 g/mol. The molecule has 0 radical (unpaired) electrons. The van der Waals surface area contributed by atoms with Gasteiger partial charge in [-0.3, -0.25) is 9.69 Å². The van der Waals surface area contributed by atoms with E-state index in [1.807, 2.05) is 6.92 Å². The normalized spacial score (nSPS) is 15.8. The van der Waals surface area contributed by atoms with E-state index in [0.717, 1.165) is 5.56 Å². The fourth-order valence-corrected chi connectivity index (χ4v) is 3.97. The largest absolute Gasteiger partial charge is 0.488 e. The van der Waals surface area contributed by atoms with Crippen molar-refractivity contribution >= 4 is 51.9 Å². The van der Waals surface area contributed by atoms with Crippen molar-refractivity contribution in [3.63, 3.8) is 0 Å². The Morgan fingerprint density at radius 1 is 1.27 bits per heavy atom. The summed E-state index contributed by atoms with van der Waals surface area (Å²) in [6.07, 6.45) is 1.74. The Morgan fingerprint density at radius 3 is 2.65 bits per heavy atom. The zero-order chi connectivity index (χ0) is 18.7. The molecule has 3 nitrogen and oxygen atoms in total. The summed E-state index contributed by atoms with van der Waals surface area (Å²) in [6.45, 7) is 2.69. The first-order chi connectivity index (χ1) is 12.5. The number of carbonyl (C=O) groups excluding carboxylic acids is 1. The molecule has 0 aromatic heterocycles. The average Bonchev–Trinajstić information content (AvgIpc) is 2.88. The fraction of sp³-hybridized carbons (Fsp3) is 0.158. The van der Waals surface area contributed by atoms with Crippen LogP contribution in [-0.2, 0) is 11.4 Å². The van der Waals surface area contributed by atoms with Crippen molar-refractivity contribution in [2.24, 2.45) is 0 Å². The maximum atomic E-state index is 13.0. The fourth-order valence-electron chi connectivity index (χ4n) is 2.42. The zero-order valence-electron chi connectivity index (χ0n) is 13.9. The predicted octanol–water partition coefficient (Wildman–Crippen LogP) is 5.28. The molecular weight excluding hydrogens is 393 g/mol. The van der Waals surface area contributed by atoms with E-state index in [9.17, 15) is 9.18 Å². The van der Waals surface area contributed by atoms with Crippen LogP contribution in [0.2, 0.25) is 5.02 Å². The molecule has 0 atom stereocenters. The number of carbonyl (C=O) groups is 1. The third-order valence-electron chi connectivity index (χ3n) is 3.76. The molecule has 26 heavy (non-hydrogen) atoms. The van der Waals surface area contributed by atoms with Crippen molar-refractivity contribution in [2.75, 3.05) is 6.54 Å². The molecule has 134 valence electrons. The Bertz CT molecular complexity index is 884. The number of hydrogen-bond acceptors (Lipinski definition) is 4. The Labute approximate surface area is 165 Å². The van der Waals surface area contributed by atoms with Gasteiger partial charge in [-0.05, 0) is 48.9 Å². The number of nitrogens with zero attached hydrogens (tertiary/aromatic N) is 1. The van der Waals surface area contributed by atoms with Gasteiger partial charge in [0.25, 0.3) is 5.91 Å². The van der Waals surface area contributed by atoms with Crippen LogP contribution in [0.15, 0.2) is 47.4 Å². The van der Waals surface area contributed by atoms with Crippen molar-refractivity contribution in [1.29, 1.82) is 0 Å². The van der Waals surface area contributed by atoms with Gasteiger partial charge >= 0.3 is 0 Å². The summed E-state index contributed by atoms with van der Waals surface area (Å²) in [6, 6.07) is 11.3. The number of likely N-dealkylation sites (N-methyl/N-ethyl adjacent to an activating group) is 1. The average molecular weight is 408 g/mol. The van der Waals surface area contributed by atoms with Crippen LogP contribution in [0.5, 0.6) is 5.75 Å². The maximum absolute atomic E-state index is 13.0. The Morgan fingerprint density at radius 2 is 2.00 bits per heavy atom. The van der Waals surface area contributed by atoms with Gasteiger partial charge in [0.1, 0.15) is 22.5 Å². The number of rotatable bonds is 5. The van der Waals surface area contributed by atoms with Crippen LogP contribution in [0.3, 0.4) is 0 Å². The predicted molar refractivity (Wildman–Crippen MR) is 108 cm³/mol. The summed E-state index contributed by atoms with van der Waals surface area (Å²) in [7, 11) is 0. The molecule has 7 heteroatoms. The van der Waals surface area contributed by atoms with Crippen LogP contribution < -0.4 is 4.74 Å².